The standard InChI is InChI=1S/C14H11ClFN3O/c1-3-12-18-13(15)8(2)14(19-12)20-11-6-4-5-10(16)9(11)7-17/h4-6H,3H2,1-2H3. The van der Waals surface area contributed by atoms with Gasteiger partial charge in [0.15, 0.2) is 0 Å². The van der Waals surface area contributed by atoms with Crippen LogP contribution in [0.4, 0.5) is 4.39 Å². The van der Waals surface area contributed by atoms with Gasteiger partial charge in [0, 0.05) is 12.0 Å². The molecule has 0 atom stereocenters. The van der Waals surface area contributed by atoms with Crippen molar-refractivity contribution >= 4 is 11.6 Å². The number of aromatic nitrogens is 2. The number of hydrogen-bond acceptors (Lipinski definition) is 4. The van der Waals surface area contributed by atoms with Crippen LogP contribution < -0.4 is 4.74 Å². The molecule has 0 aliphatic carbocycles. The van der Waals surface area contributed by atoms with E-state index in [1.807, 2.05) is 6.92 Å². The van der Waals surface area contributed by atoms with Crippen molar-refractivity contribution in [2.75, 3.05) is 0 Å². The third-order valence-corrected chi connectivity index (χ3v) is 3.07. The van der Waals surface area contributed by atoms with Crippen LogP contribution in [-0.2, 0) is 6.42 Å². The van der Waals surface area contributed by atoms with E-state index in [1.165, 1.54) is 18.2 Å². The van der Waals surface area contributed by atoms with Crippen molar-refractivity contribution in [2.45, 2.75) is 20.3 Å². The molecule has 0 unspecified atom stereocenters. The summed E-state index contributed by atoms with van der Waals surface area (Å²) in [6.45, 7) is 3.58. The summed E-state index contributed by atoms with van der Waals surface area (Å²) in [6.07, 6.45) is 0.588. The molecular formula is C14H11ClFN3O. The van der Waals surface area contributed by atoms with Gasteiger partial charge in [-0.05, 0) is 19.1 Å². The van der Waals surface area contributed by atoms with E-state index >= 15 is 0 Å². The summed E-state index contributed by atoms with van der Waals surface area (Å²) in [7, 11) is 0. The minimum absolute atomic E-state index is 0.104. The number of aryl methyl sites for hydroxylation is 1. The predicted octanol–water partition coefficient (Wildman–Crippen LogP) is 3.80. The van der Waals surface area contributed by atoms with Gasteiger partial charge in [-0.3, -0.25) is 0 Å². The Kier molecular flexibility index (Phi) is 4.16. The summed E-state index contributed by atoms with van der Waals surface area (Å²) in [6, 6.07) is 5.93. The summed E-state index contributed by atoms with van der Waals surface area (Å²) in [5, 5.41) is 9.25. The molecule has 2 rings (SSSR count). The highest BCUT2D eigenvalue weighted by molar-refractivity contribution is 6.30. The summed E-state index contributed by atoms with van der Waals surface area (Å²) in [5.74, 6) is 0.209. The van der Waals surface area contributed by atoms with Crippen molar-refractivity contribution in [3.8, 4) is 17.7 Å². The van der Waals surface area contributed by atoms with Crippen LogP contribution in [0.25, 0.3) is 0 Å². The molecular weight excluding hydrogens is 281 g/mol. The van der Waals surface area contributed by atoms with Crippen LogP contribution in [-0.4, -0.2) is 9.97 Å². The highest BCUT2D eigenvalue weighted by Crippen LogP contribution is 2.30. The largest absolute Gasteiger partial charge is 0.437 e. The van der Waals surface area contributed by atoms with Crippen LogP contribution in [0.5, 0.6) is 11.6 Å². The molecule has 0 saturated heterocycles. The minimum atomic E-state index is -0.640. The number of nitriles is 1. The molecule has 1 aromatic carbocycles. The van der Waals surface area contributed by atoms with E-state index in [0.717, 1.165) is 0 Å². The molecule has 0 aliphatic rings. The molecule has 1 aromatic heterocycles. The van der Waals surface area contributed by atoms with Gasteiger partial charge in [-0.25, -0.2) is 9.37 Å². The molecule has 20 heavy (non-hydrogen) atoms. The lowest BCUT2D eigenvalue weighted by Crippen LogP contribution is -2.01. The second kappa shape index (κ2) is 5.85. The smallest absolute Gasteiger partial charge is 0.227 e. The van der Waals surface area contributed by atoms with Gasteiger partial charge >= 0.3 is 0 Å². The Balaban J connectivity index is 2.48. The van der Waals surface area contributed by atoms with Crippen LogP contribution in [0.3, 0.4) is 0 Å². The van der Waals surface area contributed by atoms with Crippen LogP contribution >= 0.6 is 11.6 Å². The van der Waals surface area contributed by atoms with Gasteiger partial charge in [-0.2, -0.15) is 10.2 Å². The Bertz CT molecular complexity index is 698. The zero-order valence-electron chi connectivity index (χ0n) is 10.9. The van der Waals surface area contributed by atoms with Crippen LogP contribution in [0.2, 0.25) is 5.15 Å². The first-order chi connectivity index (χ1) is 9.56. The maximum atomic E-state index is 13.5. The number of hydrogen-bond donors (Lipinski definition) is 0. The van der Waals surface area contributed by atoms with Crippen molar-refractivity contribution < 1.29 is 9.13 Å². The molecule has 0 amide bonds. The molecule has 0 aliphatic heterocycles. The monoisotopic (exact) mass is 291 g/mol. The SMILES string of the molecule is CCc1nc(Cl)c(C)c(Oc2cccc(F)c2C#N)n1. The molecule has 0 fully saturated rings. The molecule has 102 valence electrons. The van der Waals surface area contributed by atoms with Gasteiger partial charge in [0.05, 0.1) is 0 Å². The van der Waals surface area contributed by atoms with Gasteiger partial charge < -0.3 is 4.74 Å². The maximum Gasteiger partial charge on any atom is 0.227 e. The Morgan fingerprint density at radius 2 is 2.15 bits per heavy atom. The fraction of sp³-hybridized carbons (Fsp3) is 0.214. The second-order valence-corrected chi connectivity index (χ2v) is 4.40. The number of halogens is 2. The quantitative estimate of drug-likeness (QED) is 0.807. The van der Waals surface area contributed by atoms with Crippen LogP contribution in [0.15, 0.2) is 18.2 Å². The Labute approximate surface area is 120 Å². The van der Waals surface area contributed by atoms with E-state index in [9.17, 15) is 4.39 Å². The normalized spacial score (nSPS) is 10.2. The van der Waals surface area contributed by atoms with Gasteiger partial charge in [0.1, 0.15) is 34.2 Å². The topological polar surface area (TPSA) is 58.8 Å². The molecule has 0 bridgehead atoms. The summed E-state index contributed by atoms with van der Waals surface area (Å²) in [4.78, 5) is 8.29. The van der Waals surface area contributed by atoms with E-state index in [4.69, 9.17) is 21.6 Å². The molecule has 2 aromatic rings. The third kappa shape index (κ3) is 2.70. The fourth-order valence-electron chi connectivity index (χ4n) is 1.57. The number of ether oxygens (including phenoxy) is 1. The van der Waals surface area contributed by atoms with Crippen molar-refractivity contribution in [1.82, 2.24) is 9.97 Å². The first-order valence-electron chi connectivity index (χ1n) is 5.96. The molecule has 1 heterocycles. The van der Waals surface area contributed by atoms with E-state index < -0.39 is 5.82 Å². The molecule has 0 spiro atoms. The average molecular weight is 292 g/mol. The van der Waals surface area contributed by atoms with Gasteiger partial charge in [-0.1, -0.05) is 24.6 Å². The lowest BCUT2D eigenvalue weighted by Gasteiger charge is -2.11. The van der Waals surface area contributed by atoms with E-state index in [0.29, 0.717) is 17.8 Å². The highest BCUT2D eigenvalue weighted by Gasteiger charge is 2.14. The second-order valence-electron chi connectivity index (χ2n) is 4.04. The third-order valence-electron chi connectivity index (χ3n) is 2.70. The highest BCUT2D eigenvalue weighted by atomic mass is 35.5. The van der Waals surface area contributed by atoms with Crippen LogP contribution in [0.1, 0.15) is 23.9 Å². The maximum absolute atomic E-state index is 13.5. The number of nitrogens with zero attached hydrogens (tertiary/aromatic N) is 3. The van der Waals surface area contributed by atoms with Crippen molar-refractivity contribution in [3.63, 3.8) is 0 Å². The predicted molar refractivity (Wildman–Crippen MR) is 72.3 cm³/mol. The van der Waals surface area contributed by atoms with E-state index in [1.54, 1.807) is 13.0 Å². The number of rotatable bonds is 3. The molecule has 0 radical (unpaired) electrons. The molecule has 0 saturated carbocycles. The van der Waals surface area contributed by atoms with Crippen molar-refractivity contribution in [3.05, 3.63) is 46.1 Å². The van der Waals surface area contributed by atoms with E-state index in [2.05, 4.69) is 9.97 Å². The van der Waals surface area contributed by atoms with Crippen molar-refractivity contribution in [1.29, 1.82) is 5.26 Å². The lowest BCUT2D eigenvalue weighted by molar-refractivity contribution is 0.448. The Hall–Kier alpha value is -2.19. The van der Waals surface area contributed by atoms with Crippen molar-refractivity contribution in [2.24, 2.45) is 0 Å². The zero-order chi connectivity index (χ0) is 14.7. The summed E-state index contributed by atoms with van der Waals surface area (Å²) in [5.41, 5.74) is 0.372. The van der Waals surface area contributed by atoms with E-state index in [-0.39, 0.29) is 22.3 Å². The fourth-order valence-corrected chi connectivity index (χ4v) is 1.75. The molecule has 6 heteroatoms. The van der Waals surface area contributed by atoms with Gasteiger partial charge in [0.2, 0.25) is 5.88 Å². The molecule has 4 nitrogen and oxygen atoms in total. The first kappa shape index (κ1) is 14.2. The first-order valence-corrected chi connectivity index (χ1v) is 6.34. The molecule has 0 N–H and O–H groups in total. The summed E-state index contributed by atoms with van der Waals surface area (Å²) >= 11 is 6.00. The Morgan fingerprint density at radius 1 is 1.40 bits per heavy atom. The summed E-state index contributed by atoms with van der Waals surface area (Å²) < 4.78 is 19.1. The Morgan fingerprint density at radius 3 is 2.80 bits per heavy atom. The van der Waals surface area contributed by atoms with Gasteiger partial charge in [-0.15, -0.1) is 0 Å². The average Bonchev–Trinajstić information content (AvgIpc) is 2.43. The van der Waals surface area contributed by atoms with Gasteiger partial charge in [0.25, 0.3) is 0 Å². The lowest BCUT2D eigenvalue weighted by atomic mass is 10.2. The van der Waals surface area contributed by atoms with Crippen LogP contribution in [0, 0.1) is 24.1 Å². The minimum Gasteiger partial charge on any atom is -0.437 e. The number of benzene rings is 1. The zero-order valence-corrected chi connectivity index (χ0v) is 11.7.